The van der Waals surface area contributed by atoms with Crippen molar-refractivity contribution in [3.05, 3.63) is 82.6 Å². The number of Topliss-reactive ketones (excluding diaryl/α,β-unsaturated/α-hetero) is 1. The number of amides is 1. The van der Waals surface area contributed by atoms with Crippen molar-refractivity contribution in [1.29, 1.82) is 0 Å². The van der Waals surface area contributed by atoms with Crippen molar-refractivity contribution >= 4 is 46.9 Å². The van der Waals surface area contributed by atoms with Crippen LogP contribution in [0.1, 0.15) is 187 Å². The molecular weight excluding hydrogens is 1130 g/mol. The number of hydrogen-bond donors (Lipinski definition) is 2. The minimum atomic E-state index is -2.35. The lowest BCUT2D eigenvalue weighted by molar-refractivity contribution is -0.201. The molecule has 2 aromatic carbocycles. The fourth-order valence-corrected chi connectivity index (χ4v) is 23.1. The lowest BCUT2D eigenvalue weighted by Crippen LogP contribution is -2.79. The first-order valence-electron chi connectivity index (χ1n) is 34.8. The Morgan fingerprint density at radius 3 is 2.39 bits per heavy atom. The van der Waals surface area contributed by atoms with Gasteiger partial charge in [-0.15, -0.1) is 0 Å². The van der Waals surface area contributed by atoms with Crippen LogP contribution in [0.4, 0.5) is 10.5 Å². The summed E-state index contributed by atoms with van der Waals surface area (Å²) in [6.45, 7) is 21.0. The van der Waals surface area contributed by atoms with Gasteiger partial charge in [0.2, 0.25) is 6.41 Å². The number of aromatic amines is 1. The van der Waals surface area contributed by atoms with Crippen molar-refractivity contribution in [3.63, 3.8) is 0 Å². The Bertz CT molecular complexity index is 3390. The molecule has 0 radical (unpaired) electrons. The predicted octanol–water partition coefficient (Wildman–Crippen LogP) is 12.8. The minimum Gasteiger partial charge on any atom is -0.496 e. The second kappa shape index (κ2) is 23.2. The van der Waals surface area contributed by atoms with Crippen molar-refractivity contribution in [1.82, 2.24) is 14.8 Å². The topological polar surface area (TPSA) is 177 Å². The summed E-state index contributed by atoms with van der Waals surface area (Å²) in [5.74, 6) is 1.99. The molecule has 2 saturated heterocycles. The monoisotopic (exact) mass is 1230 g/mol. The number of hydrogen-bond acceptors (Lipinski definition) is 13. The van der Waals surface area contributed by atoms with Gasteiger partial charge in [0.05, 0.1) is 33.1 Å². The Morgan fingerprint density at radius 1 is 0.878 bits per heavy atom. The Labute approximate surface area is 534 Å². The second-order valence-electron chi connectivity index (χ2n) is 31.2. The highest BCUT2D eigenvalue weighted by atomic mass is 16.7. The summed E-state index contributed by atoms with van der Waals surface area (Å²) in [6.07, 6.45) is 22.1. The zero-order valence-electron chi connectivity index (χ0n) is 55.8. The van der Waals surface area contributed by atoms with E-state index in [1.54, 1.807) is 7.11 Å². The molecule has 6 heterocycles. The van der Waals surface area contributed by atoms with Crippen molar-refractivity contribution in [3.8, 4) is 5.75 Å². The standard InChI is InChI=1S/C75H102N4O11/c1-12-71(90-68(84)89-50-26-30-69(7)49(37-50)22-23-53-55-25-24-54(46(5)19-16-18-45(3)4)70(55,8)31-27-56(53)69)40-48-41-74(66(82)87-10,63-52(28-34-77(42-48)43-71)51-20-14-15-21-59(51)76-63)58-38-57-60(39-61(58)86-9)79(44-80)65-73(57)32-35-78-33-17-29-72(13-2,64(73)78)62(36-47(6)81)75(65,85)67(83)88-11/h14-15,17,20-22,29,38-39,44-46,48,50,53-56,62,64-65,76,85H,12-13,16,18-19,23-28,30-37,40-43H2,1-11H3/t46?,48-,50?,53?,54?,55?,56?,62-,64+,65-,69?,70?,71+,72+,73-,74+,75-/m0/s1. The molecule has 15 nitrogen and oxygen atoms in total. The number of esters is 2. The number of nitrogens with zero attached hydrogens (tertiary/aromatic N) is 3. The quantitative estimate of drug-likeness (QED) is 0.0600. The van der Waals surface area contributed by atoms with Gasteiger partial charge in [-0.1, -0.05) is 110 Å². The fraction of sp³-hybridized carbons (Fsp3) is 0.693. The molecule has 18 atom stereocenters. The van der Waals surface area contributed by atoms with Gasteiger partial charge in [0.25, 0.3) is 0 Å². The van der Waals surface area contributed by atoms with Gasteiger partial charge < -0.3 is 43.5 Å². The summed E-state index contributed by atoms with van der Waals surface area (Å²) < 4.78 is 31.6. The van der Waals surface area contributed by atoms with Gasteiger partial charge in [-0.25, -0.2) is 9.59 Å². The highest BCUT2D eigenvalue weighted by Crippen LogP contribution is 2.71. The van der Waals surface area contributed by atoms with Gasteiger partial charge in [0.1, 0.15) is 28.7 Å². The molecule has 9 unspecified atom stereocenters. The highest BCUT2D eigenvalue weighted by Gasteiger charge is 2.79. The number of ether oxygens (including phenoxy) is 5. The number of benzene rings is 2. The van der Waals surface area contributed by atoms with E-state index in [2.05, 4.69) is 80.6 Å². The van der Waals surface area contributed by atoms with E-state index in [1.165, 1.54) is 76.6 Å². The fourth-order valence-electron chi connectivity index (χ4n) is 23.1. The van der Waals surface area contributed by atoms with Crippen LogP contribution in [0.2, 0.25) is 0 Å². The molecule has 1 spiro atoms. The number of carbonyl (C=O) groups excluding carboxylic acids is 5. The number of ketones is 1. The van der Waals surface area contributed by atoms with Crippen molar-refractivity contribution in [2.24, 2.45) is 63.6 Å². The van der Waals surface area contributed by atoms with Crippen molar-refractivity contribution in [2.75, 3.05) is 59.0 Å². The average Bonchev–Trinajstić information content (AvgIpc) is 1.44. The molecular formula is C75H102N4O11. The molecule has 1 aromatic heterocycles. The maximum atomic E-state index is 16.0. The number of para-hydroxylation sites is 1. The van der Waals surface area contributed by atoms with E-state index in [1.807, 2.05) is 37.3 Å². The number of H-pyrrole nitrogens is 1. The number of piperidine rings is 1. The van der Waals surface area contributed by atoms with E-state index in [9.17, 15) is 24.3 Å². The number of anilines is 1. The first-order valence-corrected chi connectivity index (χ1v) is 34.8. The van der Waals surface area contributed by atoms with E-state index in [0.717, 1.165) is 65.8 Å². The number of allylic oxidation sites excluding steroid dienone is 1. The minimum absolute atomic E-state index is 0.0998. The van der Waals surface area contributed by atoms with Crippen LogP contribution in [0.15, 0.2) is 60.2 Å². The number of methoxy groups -OCH3 is 3. The zero-order chi connectivity index (χ0) is 63.7. The smallest absolute Gasteiger partial charge is 0.496 e. The largest absolute Gasteiger partial charge is 0.509 e. The first kappa shape index (κ1) is 63.3. The summed E-state index contributed by atoms with van der Waals surface area (Å²) in [5, 5.41) is 14.7. The van der Waals surface area contributed by atoms with Gasteiger partial charge in [-0.2, -0.15) is 0 Å². The van der Waals surface area contributed by atoms with E-state index in [-0.39, 0.29) is 42.1 Å². The Hall–Kier alpha value is -5.51. The molecule has 2 bridgehead atoms. The summed E-state index contributed by atoms with van der Waals surface area (Å²) in [7, 11) is 4.23. The van der Waals surface area contributed by atoms with Crippen molar-refractivity contribution in [2.45, 2.75) is 211 Å². The molecule has 10 aliphatic rings. The van der Waals surface area contributed by atoms with Crippen molar-refractivity contribution < 1.29 is 52.8 Å². The lowest BCUT2D eigenvalue weighted by atomic mass is 9.44. The molecule has 488 valence electrons. The van der Waals surface area contributed by atoms with Gasteiger partial charge in [0, 0.05) is 90.0 Å². The summed E-state index contributed by atoms with van der Waals surface area (Å²) in [5.41, 5.74) is -0.774. The summed E-state index contributed by atoms with van der Waals surface area (Å²) in [6, 6.07) is 10.4. The van der Waals surface area contributed by atoms with Gasteiger partial charge in [-0.3, -0.25) is 19.4 Å². The maximum absolute atomic E-state index is 16.0. The van der Waals surface area contributed by atoms with Crippen LogP contribution in [0.3, 0.4) is 0 Å². The maximum Gasteiger partial charge on any atom is 0.509 e. The third-order valence-corrected chi connectivity index (χ3v) is 26.8. The Morgan fingerprint density at radius 2 is 1.67 bits per heavy atom. The molecule has 5 aliphatic heterocycles. The van der Waals surface area contributed by atoms with E-state index >= 15 is 4.79 Å². The number of fused-ring (bicyclic) bond motifs is 11. The van der Waals surface area contributed by atoms with E-state index in [4.69, 9.17) is 23.7 Å². The molecule has 1 amide bonds. The first-order chi connectivity index (χ1) is 43.1. The van der Waals surface area contributed by atoms with Gasteiger partial charge >= 0.3 is 18.1 Å². The van der Waals surface area contributed by atoms with E-state index < -0.39 is 57.5 Å². The molecule has 13 rings (SSSR count). The Balaban J connectivity index is 0.838. The molecule has 5 aliphatic carbocycles. The third-order valence-electron chi connectivity index (χ3n) is 26.8. The number of rotatable bonds is 16. The van der Waals surface area contributed by atoms with Crippen LogP contribution < -0.4 is 9.64 Å². The number of carbonyl (C=O) groups is 5. The molecule has 90 heavy (non-hydrogen) atoms. The van der Waals surface area contributed by atoms with Gasteiger partial charge in [0.15, 0.2) is 5.60 Å². The average molecular weight is 1240 g/mol. The van der Waals surface area contributed by atoms with Crippen LogP contribution in [0, 0.1) is 63.6 Å². The van der Waals surface area contributed by atoms with Crippen LogP contribution in [-0.2, 0) is 55.4 Å². The number of aliphatic hydroxyl groups is 1. The lowest BCUT2D eigenvalue weighted by Gasteiger charge is -2.64. The normalized spacial score (nSPS) is 39.2. The second-order valence-corrected chi connectivity index (χ2v) is 31.2. The number of nitrogens with one attached hydrogen (secondary N) is 1. The van der Waals surface area contributed by atoms with Crippen LogP contribution >= 0.6 is 0 Å². The summed E-state index contributed by atoms with van der Waals surface area (Å²) in [4.78, 5) is 83.3. The van der Waals surface area contributed by atoms with Gasteiger partial charge in [-0.05, 0) is 172 Å². The predicted molar refractivity (Wildman–Crippen MR) is 346 cm³/mol. The highest BCUT2D eigenvalue weighted by molar-refractivity contribution is 5.97. The zero-order valence-corrected chi connectivity index (χ0v) is 55.8. The van der Waals surface area contributed by atoms with E-state index in [0.29, 0.717) is 117 Å². The van der Waals surface area contributed by atoms with Crippen LogP contribution in [0.5, 0.6) is 5.75 Å². The molecule has 6 fully saturated rings. The third kappa shape index (κ3) is 9.24. The Kier molecular flexibility index (Phi) is 16.3. The molecule has 4 saturated carbocycles. The molecule has 2 N–H and O–H groups in total. The molecule has 3 aromatic rings. The summed E-state index contributed by atoms with van der Waals surface area (Å²) >= 11 is 0. The van der Waals surface area contributed by atoms with Crippen LogP contribution in [-0.4, -0.2) is 134 Å². The number of aromatic nitrogens is 1. The SMILES string of the molecule is CC[C@@]1(OC(=O)OC2CCC3(C)C(=CCC4C3CCC3(C)C(C(C)CCCC(C)C)CCC43)C2)C[C@@H]2CN(CCc3c([nH]c4ccccc34)[C@](C(=O)OC)(c3cc4c(cc3OC)N(C=O)[C@@H]3[C@](O)(C(=O)OC)[C@@H](CC(C)=O)[C@@]5(CC)C=CCN6CC[C@@]43[C@H]65)C2)C1. The van der Waals surface area contributed by atoms with Crippen LogP contribution in [0.25, 0.3) is 10.9 Å². The molecule has 15 heteroatoms.